The second kappa shape index (κ2) is 6.86. The minimum atomic E-state index is 0.140. The summed E-state index contributed by atoms with van der Waals surface area (Å²) in [5.41, 5.74) is 3.86. The molecule has 0 radical (unpaired) electrons. The molecule has 0 aliphatic carbocycles. The summed E-state index contributed by atoms with van der Waals surface area (Å²) in [7, 11) is 0. The van der Waals surface area contributed by atoms with Crippen molar-refractivity contribution >= 4 is 16.9 Å². The van der Waals surface area contributed by atoms with Crippen molar-refractivity contribution < 1.29 is 4.79 Å². The second-order valence-electron chi connectivity index (χ2n) is 7.00. The lowest BCUT2D eigenvalue weighted by molar-refractivity contribution is -0.133. The Balaban J connectivity index is 1.51. The Morgan fingerprint density at radius 1 is 1.19 bits per heavy atom. The number of imidazole rings is 1. The van der Waals surface area contributed by atoms with Gasteiger partial charge in [0.05, 0.1) is 22.4 Å². The summed E-state index contributed by atoms with van der Waals surface area (Å²) in [6, 6.07) is 7.96. The molecule has 1 aliphatic rings. The number of benzene rings is 1. The third kappa shape index (κ3) is 3.19. The first-order valence-electron chi connectivity index (χ1n) is 9.10. The zero-order valence-electron chi connectivity index (χ0n) is 15.2. The highest BCUT2D eigenvalue weighted by atomic mass is 16.2. The molecule has 4 rings (SSSR count). The van der Waals surface area contributed by atoms with Crippen LogP contribution in [0.15, 0.2) is 36.7 Å². The lowest BCUT2D eigenvalue weighted by Gasteiger charge is -2.32. The number of hydrogen-bond acceptors (Lipinski definition) is 4. The van der Waals surface area contributed by atoms with Crippen molar-refractivity contribution in [3.63, 3.8) is 0 Å². The molecule has 0 N–H and O–H groups in total. The van der Waals surface area contributed by atoms with Crippen LogP contribution in [0, 0.1) is 13.8 Å². The highest BCUT2D eigenvalue weighted by Gasteiger charge is 2.26. The zero-order chi connectivity index (χ0) is 18.1. The molecule has 1 unspecified atom stereocenters. The Morgan fingerprint density at radius 2 is 2.04 bits per heavy atom. The topological polar surface area (TPSA) is 63.9 Å². The van der Waals surface area contributed by atoms with Crippen molar-refractivity contribution in [3.05, 3.63) is 53.9 Å². The van der Waals surface area contributed by atoms with E-state index in [4.69, 9.17) is 0 Å². The summed E-state index contributed by atoms with van der Waals surface area (Å²) < 4.78 is 2.01. The van der Waals surface area contributed by atoms with E-state index in [-0.39, 0.29) is 11.8 Å². The van der Waals surface area contributed by atoms with E-state index in [1.807, 2.05) is 53.8 Å². The number of aromatic nitrogens is 4. The number of carbonyl (C=O) groups is 1. The number of carbonyl (C=O) groups excluding carboxylic acids is 1. The lowest BCUT2D eigenvalue weighted by Crippen LogP contribution is -2.41. The van der Waals surface area contributed by atoms with Gasteiger partial charge in [-0.05, 0) is 38.8 Å². The quantitative estimate of drug-likeness (QED) is 0.729. The number of fused-ring (bicyclic) bond motifs is 1. The van der Waals surface area contributed by atoms with Gasteiger partial charge < -0.3 is 9.47 Å². The van der Waals surface area contributed by atoms with E-state index < -0.39 is 0 Å². The van der Waals surface area contributed by atoms with Crippen LogP contribution in [0.1, 0.15) is 36.0 Å². The van der Waals surface area contributed by atoms with Gasteiger partial charge in [-0.1, -0.05) is 12.1 Å². The summed E-state index contributed by atoms with van der Waals surface area (Å²) >= 11 is 0. The van der Waals surface area contributed by atoms with Crippen molar-refractivity contribution in [1.29, 1.82) is 0 Å². The first kappa shape index (κ1) is 16.7. The van der Waals surface area contributed by atoms with Gasteiger partial charge in [0.15, 0.2) is 0 Å². The van der Waals surface area contributed by atoms with Crippen molar-refractivity contribution in [1.82, 2.24) is 24.4 Å². The molecule has 2 aromatic heterocycles. The van der Waals surface area contributed by atoms with E-state index in [1.165, 1.54) is 0 Å². The minimum absolute atomic E-state index is 0.140. The van der Waals surface area contributed by atoms with Crippen LogP contribution in [0.5, 0.6) is 0 Å². The van der Waals surface area contributed by atoms with Crippen molar-refractivity contribution in [2.45, 2.75) is 39.2 Å². The van der Waals surface area contributed by atoms with Gasteiger partial charge in [0.2, 0.25) is 5.91 Å². The molecule has 3 aromatic rings. The predicted molar refractivity (Wildman–Crippen MR) is 99.8 cm³/mol. The molecule has 3 heterocycles. The van der Waals surface area contributed by atoms with Crippen molar-refractivity contribution in [2.24, 2.45) is 0 Å². The third-order valence-corrected chi connectivity index (χ3v) is 5.10. The molecule has 1 amide bonds. The maximum atomic E-state index is 12.9. The molecular weight excluding hydrogens is 326 g/mol. The molecule has 1 saturated heterocycles. The number of likely N-dealkylation sites (tertiary alicyclic amines) is 1. The molecule has 1 aliphatic heterocycles. The lowest BCUT2D eigenvalue weighted by atomic mass is 9.95. The summed E-state index contributed by atoms with van der Waals surface area (Å²) in [5, 5.41) is 0. The molecule has 1 aromatic carbocycles. The van der Waals surface area contributed by atoms with Gasteiger partial charge >= 0.3 is 0 Å². The number of amides is 1. The highest BCUT2D eigenvalue weighted by molar-refractivity contribution is 5.81. The SMILES string of the molecule is Cc1cncc(C2CCCN(C(=O)Cn3c(C)nc4ccccc43)C2)n1. The Hall–Kier alpha value is -2.76. The maximum absolute atomic E-state index is 12.9. The van der Waals surface area contributed by atoms with Gasteiger partial charge in [-0.25, -0.2) is 4.98 Å². The number of nitrogens with zero attached hydrogens (tertiary/aromatic N) is 5. The minimum Gasteiger partial charge on any atom is -0.340 e. The Kier molecular flexibility index (Phi) is 4.41. The Bertz CT molecular complexity index is 948. The van der Waals surface area contributed by atoms with Crippen LogP contribution in [-0.4, -0.2) is 43.4 Å². The monoisotopic (exact) mass is 349 g/mol. The normalized spacial score (nSPS) is 17.6. The molecule has 0 saturated carbocycles. The van der Waals surface area contributed by atoms with Crippen LogP contribution >= 0.6 is 0 Å². The van der Waals surface area contributed by atoms with Gasteiger partial charge in [-0.2, -0.15) is 0 Å². The summed E-state index contributed by atoms with van der Waals surface area (Å²) in [5.74, 6) is 1.28. The fraction of sp³-hybridized carbons (Fsp3) is 0.400. The van der Waals surface area contributed by atoms with Crippen LogP contribution in [0.3, 0.4) is 0 Å². The molecular formula is C20H23N5O. The fourth-order valence-corrected chi connectivity index (χ4v) is 3.76. The van der Waals surface area contributed by atoms with E-state index in [9.17, 15) is 4.79 Å². The number of rotatable bonds is 3. The maximum Gasteiger partial charge on any atom is 0.242 e. The van der Waals surface area contributed by atoms with Crippen molar-refractivity contribution in [2.75, 3.05) is 13.1 Å². The van der Waals surface area contributed by atoms with E-state index in [0.717, 1.165) is 47.6 Å². The Morgan fingerprint density at radius 3 is 2.88 bits per heavy atom. The molecule has 134 valence electrons. The average molecular weight is 349 g/mol. The second-order valence-corrected chi connectivity index (χ2v) is 7.00. The van der Waals surface area contributed by atoms with Gasteiger partial charge in [0.25, 0.3) is 0 Å². The number of hydrogen-bond donors (Lipinski definition) is 0. The molecule has 26 heavy (non-hydrogen) atoms. The van der Waals surface area contributed by atoms with E-state index in [1.54, 1.807) is 6.20 Å². The summed E-state index contributed by atoms with van der Waals surface area (Å²) in [4.78, 5) is 28.3. The Labute approximate surface area is 152 Å². The number of aryl methyl sites for hydroxylation is 2. The van der Waals surface area contributed by atoms with Crippen LogP contribution in [0.4, 0.5) is 0 Å². The van der Waals surface area contributed by atoms with Crippen LogP contribution in [-0.2, 0) is 11.3 Å². The first-order chi connectivity index (χ1) is 12.6. The molecule has 1 fully saturated rings. The summed E-state index contributed by atoms with van der Waals surface area (Å²) in [6.45, 7) is 5.76. The highest BCUT2D eigenvalue weighted by Crippen LogP contribution is 2.26. The number of piperidine rings is 1. The average Bonchev–Trinajstić information content (AvgIpc) is 2.97. The fourth-order valence-electron chi connectivity index (χ4n) is 3.76. The molecule has 6 nitrogen and oxygen atoms in total. The van der Waals surface area contributed by atoms with Gasteiger partial charge in [-0.15, -0.1) is 0 Å². The molecule has 0 spiro atoms. The smallest absolute Gasteiger partial charge is 0.242 e. The largest absolute Gasteiger partial charge is 0.340 e. The van der Waals surface area contributed by atoms with Crippen LogP contribution < -0.4 is 0 Å². The van der Waals surface area contributed by atoms with E-state index in [2.05, 4.69) is 15.0 Å². The zero-order valence-corrected chi connectivity index (χ0v) is 15.2. The predicted octanol–water partition coefficient (Wildman–Crippen LogP) is 2.85. The van der Waals surface area contributed by atoms with Gasteiger partial charge in [-0.3, -0.25) is 14.8 Å². The van der Waals surface area contributed by atoms with Crippen LogP contribution in [0.25, 0.3) is 11.0 Å². The van der Waals surface area contributed by atoms with E-state index >= 15 is 0 Å². The van der Waals surface area contributed by atoms with E-state index in [0.29, 0.717) is 13.1 Å². The standard InChI is InChI=1S/C20H23N5O/c1-14-10-21-11-18(22-14)16-6-5-9-24(12-16)20(26)13-25-15(2)23-17-7-3-4-8-19(17)25/h3-4,7-8,10-11,16H,5-6,9,12-13H2,1-2H3. The first-order valence-corrected chi connectivity index (χ1v) is 9.10. The van der Waals surface area contributed by atoms with Gasteiger partial charge in [0.1, 0.15) is 12.4 Å². The number of para-hydroxylation sites is 2. The van der Waals surface area contributed by atoms with Crippen molar-refractivity contribution in [3.8, 4) is 0 Å². The molecule has 1 atom stereocenters. The summed E-state index contributed by atoms with van der Waals surface area (Å²) in [6.07, 6.45) is 5.64. The third-order valence-electron chi connectivity index (χ3n) is 5.10. The van der Waals surface area contributed by atoms with Crippen LogP contribution in [0.2, 0.25) is 0 Å². The molecule has 0 bridgehead atoms. The van der Waals surface area contributed by atoms with Gasteiger partial charge in [0, 0.05) is 31.4 Å². The molecule has 6 heteroatoms.